The summed E-state index contributed by atoms with van der Waals surface area (Å²) in [7, 11) is 0. The molecule has 0 amide bonds. The molecule has 0 aromatic heterocycles. The second kappa shape index (κ2) is 6.55. The molecule has 0 aromatic rings. The maximum atomic E-state index is 10.0. The fourth-order valence-electron chi connectivity index (χ4n) is 3.03. The van der Waals surface area contributed by atoms with Gasteiger partial charge in [0.2, 0.25) is 0 Å². The van der Waals surface area contributed by atoms with Gasteiger partial charge in [0.15, 0.2) is 0 Å². The van der Waals surface area contributed by atoms with E-state index in [-0.39, 0.29) is 12.1 Å². The van der Waals surface area contributed by atoms with E-state index in [1.807, 2.05) is 0 Å². The van der Waals surface area contributed by atoms with Crippen molar-refractivity contribution in [2.24, 2.45) is 11.8 Å². The summed E-state index contributed by atoms with van der Waals surface area (Å²) in [4.78, 5) is 2.59. The van der Waals surface area contributed by atoms with Gasteiger partial charge in [-0.15, -0.1) is 0 Å². The van der Waals surface area contributed by atoms with Crippen LogP contribution in [-0.2, 0) is 0 Å². The number of rotatable bonds is 10. The summed E-state index contributed by atoms with van der Waals surface area (Å²) in [6.45, 7) is 10.3. The Labute approximate surface area is 118 Å². The van der Waals surface area contributed by atoms with Crippen molar-refractivity contribution in [1.29, 1.82) is 0 Å². The van der Waals surface area contributed by atoms with Crippen LogP contribution in [0.1, 0.15) is 52.9 Å². The summed E-state index contributed by atoms with van der Waals surface area (Å²) < 4.78 is 0. The van der Waals surface area contributed by atoms with Gasteiger partial charge in [0.25, 0.3) is 0 Å². The largest absolute Gasteiger partial charge is 0.394 e. The molecule has 0 heterocycles. The van der Waals surface area contributed by atoms with E-state index in [4.69, 9.17) is 0 Å². The Hall–Kier alpha value is -0.120. The Morgan fingerprint density at radius 1 is 1.26 bits per heavy atom. The molecular formula is C16H32N2O. The van der Waals surface area contributed by atoms with E-state index in [9.17, 15) is 5.11 Å². The zero-order valence-corrected chi connectivity index (χ0v) is 13.0. The fraction of sp³-hybridized carbons (Fsp3) is 1.00. The van der Waals surface area contributed by atoms with Crippen molar-refractivity contribution < 1.29 is 5.11 Å². The third-order valence-corrected chi connectivity index (χ3v) is 4.77. The van der Waals surface area contributed by atoms with Gasteiger partial charge in [-0.05, 0) is 64.3 Å². The van der Waals surface area contributed by atoms with Crippen LogP contribution < -0.4 is 5.32 Å². The van der Waals surface area contributed by atoms with Crippen LogP contribution in [0.3, 0.4) is 0 Å². The number of hydrogen-bond acceptors (Lipinski definition) is 3. The summed E-state index contributed by atoms with van der Waals surface area (Å²) >= 11 is 0. The molecule has 2 fully saturated rings. The summed E-state index contributed by atoms with van der Waals surface area (Å²) in [5.74, 6) is 1.61. The Morgan fingerprint density at radius 3 is 2.37 bits per heavy atom. The first kappa shape index (κ1) is 15.3. The van der Waals surface area contributed by atoms with E-state index >= 15 is 0 Å². The minimum absolute atomic E-state index is 0.0465. The van der Waals surface area contributed by atoms with Crippen molar-refractivity contribution >= 4 is 0 Å². The van der Waals surface area contributed by atoms with Gasteiger partial charge in [-0.25, -0.2) is 0 Å². The van der Waals surface area contributed by atoms with Crippen LogP contribution in [0.25, 0.3) is 0 Å². The van der Waals surface area contributed by atoms with E-state index in [2.05, 4.69) is 31.0 Å². The van der Waals surface area contributed by atoms with Crippen molar-refractivity contribution in [2.75, 3.05) is 26.2 Å². The minimum Gasteiger partial charge on any atom is -0.394 e. The van der Waals surface area contributed by atoms with Crippen LogP contribution in [0.5, 0.6) is 0 Å². The molecule has 0 spiro atoms. The van der Waals surface area contributed by atoms with Gasteiger partial charge in [0.1, 0.15) is 0 Å². The highest BCUT2D eigenvalue weighted by atomic mass is 16.3. The lowest BCUT2D eigenvalue weighted by Gasteiger charge is -2.40. The van der Waals surface area contributed by atoms with Crippen LogP contribution in [0.4, 0.5) is 0 Å². The van der Waals surface area contributed by atoms with Gasteiger partial charge < -0.3 is 10.4 Å². The highest BCUT2D eigenvalue weighted by Gasteiger charge is 2.46. The van der Waals surface area contributed by atoms with Crippen LogP contribution in [0.2, 0.25) is 0 Å². The average Bonchev–Trinajstić information content (AvgIpc) is 3.26. The minimum atomic E-state index is -0.0465. The highest BCUT2D eigenvalue weighted by Crippen LogP contribution is 2.41. The molecule has 1 unspecified atom stereocenters. The van der Waals surface area contributed by atoms with E-state index in [1.54, 1.807) is 0 Å². The van der Waals surface area contributed by atoms with E-state index < -0.39 is 0 Å². The van der Waals surface area contributed by atoms with E-state index in [1.165, 1.54) is 32.2 Å². The van der Waals surface area contributed by atoms with Gasteiger partial charge in [0, 0.05) is 19.1 Å². The monoisotopic (exact) mass is 268 g/mol. The fourth-order valence-corrected chi connectivity index (χ4v) is 3.03. The first-order valence-electron chi connectivity index (χ1n) is 8.21. The van der Waals surface area contributed by atoms with Crippen LogP contribution >= 0.6 is 0 Å². The first-order chi connectivity index (χ1) is 9.11. The van der Waals surface area contributed by atoms with Crippen molar-refractivity contribution in [3.05, 3.63) is 0 Å². The number of nitrogens with zero attached hydrogens (tertiary/aromatic N) is 1. The predicted octanol–water partition coefficient (Wildman–Crippen LogP) is 2.25. The van der Waals surface area contributed by atoms with Crippen molar-refractivity contribution in [2.45, 2.75) is 64.5 Å². The Bertz CT molecular complexity index is 274. The normalized spacial score (nSPS) is 23.1. The van der Waals surface area contributed by atoms with Gasteiger partial charge >= 0.3 is 0 Å². The third-order valence-electron chi connectivity index (χ3n) is 4.77. The number of aliphatic hydroxyl groups excluding tert-OH is 1. The second-order valence-corrected chi connectivity index (χ2v) is 6.98. The number of hydrogen-bond donors (Lipinski definition) is 2. The molecule has 0 aromatic carbocycles. The third kappa shape index (κ3) is 4.17. The van der Waals surface area contributed by atoms with Gasteiger partial charge in [-0.1, -0.05) is 6.92 Å². The molecule has 2 N–H and O–H groups in total. The molecule has 19 heavy (non-hydrogen) atoms. The topological polar surface area (TPSA) is 35.5 Å². The maximum absolute atomic E-state index is 10.0. The Kier molecular flexibility index (Phi) is 5.27. The molecule has 0 saturated heterocycles. The summed E-state index contributed by atoms with van der Waals surface area (Å²) in [6, 6.07) is 0.578. The number of aliphatic hydroxyl groups is 1. The molecule has 2 aliphatic carbocycles. The zero-order chi connectivity index (χ0) is 13.9. The Balaban J connectivity index is 1.98. The summed E-state index contributed by atoms with van der Waals surface area (Å²) in [6.07, 6.45) is 6.51. The molecule has 0 radical (unpaired) electrons. The lowest BCUT2D eigenvalue weighted by molar-refractivity contribution is 0.0743. The SMILES string of the molecule is CCCNC(CO)(CN(CC1CC1)C(C)C)C1CC1. The van der Waals surface area contributed by atoms with Gasteiger partial charge in [-0.2, -0.15) is 0 Å². The molecule has 0 aliphatic heterocycles. The van der Waals surface area contributed by atoms with Gasteiger partial charge in [0.05, 0.1) is 12.1 Å². The lowest BCUT2D eigenvalue weighted by atomic mass is 9.92. The van der Waals surface area contributed by atoms with Crippen LogP contribution in [0.15, 0.2) is 0 Å². The molecule has 112 valence electrons. The Morgan fingerprint density at radius 2 is 1.95 bits per heavy atom. The van der Waals surface area contributed by atoms with E-state index in [0.29, 0.717) is 12.0 Å². The quantitative estimate of drug-likeness (QED) is 0.638. The average molecular weight is 268 g/mol. The number of nitrogens with one attached hydrogen (secondary N) is 1. The maximum Gasteiger partial charge on any atom is 0.0628 e. The molecule has 3 heteroatoms. The molecule has 1 atom stereocenters. The van der Waals surface area contributed by atoms with Crippen LogP contribution in [-0.4, -0.2) is 47.8 Å². The lowest BCUT2D eigenvalue weighted by Crippen LogP contribution is -2.59. The smallest absolute Gasteiger partial charge is 0.0628 e. The highest BCUT2D eigenvalue weighted by molar-refractivity contribution is 5.03. The first-order valence-corrected chi connectivity index (χ1v) is 8.21. The zero-order valence-electron chi connectivity index (χ0n) is 13.0. The van der Waals surface area contributed by atoms with Crippen molar-refractivity contribution in [1.82, 2.24) is 10.2 Å². The molecule has 2 aliphatic rings. The van der Waals surface area contributed by atoms with Gasteiger partial charge in [-0.3, -0.25) is 4.90 Å². The molecule has 2 rings (SSSR count). The van der Waals surface area contributed by atoms with Crippen LogP contribution in [0, 0.1) is 11.8 Å². The van der Waals surface area contributed by atoms with Crippen molar-refractivity contribution in [3.63, 3.8) is 0 Å². The molecule has 2 saturated carbocycles. The molecule has 0 bridgehead atoms. The van der Waals surface area contributed by atoms with Crippen molar-refractivity contribution in [3.8, 4) is 0 Å². The second-order valence-electron chi connectivity index (χ2n) is 6.98. The standard InChI is InChI=1S/C16H32N2O/c1-4-9-17-16(12-19,15-7-8-15)11-18(13(2)3)10-14-5-6-14/h13-15,17,19H,4-12H2,1-3H3. The van der Waals surface area contributed by atoms with E-state index in [0.717, 1.165) is 25.4 Å². The molecular weight excluding hydrogens is 236 g/mol. The summed E-state index contributed by atoms with van der Waals surface area (Å²) in [5.41, 5.74) is -0.0465. The summed E-state index contributed by atoms with van der Waals surface area (Å²) in [5, 5.41) is 13.7. The predicted molar refractivity (Wildman–Crippen MR) is 80.3 cm³/mol. The molecule has 3 nitrogen and oxygen atoms in total.